The predicted octanol–water partition coefficient (Wildman–Crippen LogP) is 3.41. The number of halogens is 1. The third kappa shape index (κ3) is 6.69. The van der Waals surface area contributed by atoms with Crippen molar-refractivity contribution < 1.29 is 9.13 Å². The molecular weight excluding hydrogens is 241 g/mol. The van der Waals surface area contributed by atoms with Gasteiger partial charge in [0, 0.05) is 13.2 Å². The lowest BCUT2D eigenvalue weighted by atomic mass is 9.93. The maximum atomic E-state index is 13.2. The van der Waals surface area contributed by atoms with Crippen LogP contribution in [-0.4, -0.2) is 25.8 Å². The summed E-state index contributed by atoms with van der Waals surface area (Å²) in [6.45, 7) is 7.29. The zero-order valence-corrected chi connectivity index (χ0v) is 12.4. The van der Waals surface area contributed by atoms with Crippen LogP contribution < -0.4 is 5.32 Å². The summed E-state index contributed by atoms with van der Waals surface area (Å²) in [6, 6.07) is 7.34. The Morgan fingerprint density at radius 1 is 1.26 bits per heavy atom. The first-order valence-corrected chi connectivity index (χ1v) is 7.02. The van der Waals surface area contributed by atoms with Crippen LogP contribution in [0, 0.1) is 11.7 Å². The highest BCUT2D eigenvalue weighted by atomic mass is 19.1. The molecule has 1 rings (SSSR count). The van der Waals surface area contributed by atoms with Gasteiger partial charge in [0.1, 0.15) is 5.82 Å². The summed E-state index contributed by atoms with van der Waals surface area (Å²) in [5.41, 5.74) is 1.05. The van der Waals surface area contributed by atoms with Crippen LogP contribution in [0.1, 0.15) is 32.8 Å². The number of benzene rings is 1. The minimum Gasteiger partial charge on any atom is -0.382 e. The van der Waals surface area contributed by atoms with Gasteiger partial charge in [0.15, 0.2) is 0 Å². The van der Waals surface area contributed by atoms with Gasteiger partial charge in [-0.2, -0.15) is 0 Å². The van der Waals surface area contributed by atoms with Crippen LogP contribution in [0.4, 0.5) is 4.39 Å². The monoisotopic (exact) mass is 267 g/mol. The average Bonchev–Trinajstić information content (AvgIpc) is 2.35. The van der Waals surface area contributed by atoms with E-state index >= 15 is 0 Å². The fourth-order valence-electron chi connectivity index (χ4n) is 2.20. The summed E-state index contributed by atoms with van der Waals surface area (Å²) in [4.78, 5) is 0. The standard InChI is InChI=1S/C16H26FNO/c1-12(2)18-11-15(8-13(3)19-4)9-14-6-5-7-16(17)10-14/h5-7,10,12-13,15,18H,8-9,11H2,1-4H3. The fraction of sp³-hybridized carbons (Fsp3) is 0.625. The van der Waals surface area contributed by atoms with E-state index in [1.54, 1.807) is 19.2 Å². The van der Waals surface area contributed by atoms with E-state index in [9.17, 15) is 4.39 Å². The van der Waals surface area contributed by atoms with Crippen molar-refractivity contribution in [2.24, 2.45) is 5.92 Å². The molecule has 0 aliphatic rings. The molecule has 1 aromatic carbocycles. The van der Waals surface area contributed by atoms with Crippen molar-refractivity contribution in [3.05, 3.63) is 35.6 Å². The lowest BCUT2D eigenvalue weighted by Crippen LogP contribution is -2.31. The van der Waals surface area contributed by atoms with Crippen molar-refractivity contribution in [3.63, 3.8) is 0 Å². The molecule has 2 atom stereocenters. The molecule has 108 valence electrons. The second kappa shape index (κ2) is 8.28. The maximum Gasteiger partial charge on any atom is 0.123 e. The number of methoxy groups -OCH3 is 1. The third-order valence-corrected chi connectivity index (χ3v) is 3.30. The van der Waals surface area contributed by atoms with Gasteiger partial charge in [-0.1, -0.05) is 26.0 Å². The Morgan fingerprint density at radius 3 is 2.58 bits per heavy atom. The van der Waals surface area contributed by atoms with Crippen LogP contribution in [0.2, 0.25) is 0 Å². The van der Waals surface area contributed by atoms with Gasteiger partial charge in [0.05, 0.1) is 6.10 Å². The SMILES string of the molecule is COC(C)CC(CNC(C)C)Cc1cccc(F)c1. The van der Waals surface area contributed by atoms with Crippen LogP contribution in [0.5, 0.6) is 0 Å². The number of hydrogen-bond acceptors (Lipinski definition) is 2. The van der Waals surface area contributed by atoms with E-state index in [0.717, 1.165) is 24.9 Å². The van der Waals surface area contributed by atoms with Gasteiger partial charge in [-0.05, 0) is 49.9 Å². The van der Waals surface area contributed by atoms with Gasteiger partial charge in [-0.15, -0.1) is 0 Å². The van der Waals surface area contributed by atoms with Crippen molar-refractivity contribution >= 4 is 0 Å². The smallest absolute Gasteiger partial charge is 0.123 e. The Labute approximate surface area is 116 Å². The normalized spacial score (nSPS) is 14.6. The molecule has 0 spiro atoms. The van der Waals surface area contributed by atoms with E-state index in [1.807, 2.05) is 6.07 Å². The molecule has 0 radical (unpaired) electrons. The van der Waals surface area contributed by atoms with Crippen LogP contribution in [0.25, 0.3) is 0 Å². The summed E-state index contributed by atoms with van der Waals surface area (Å²) in [7, 11) is 1.74. The quantitative estimate of drug-likeness (QED) is 0.779. The van der Waals surface area contributed by atoms with E-state index < -0.39 is 0 Å². The number of rotatable bonds is 8. The van der Waals surface area contributed by atoms with Crippen molar-refractivity contribution in [1.82, 2.24) is 5.32 Å². The predicted molar refractivity (Wildman–Crippen MR) is 77.8 cm³/mol. The molecular formula is C16H26FNO. The topological polar surface area (TPSA) is 21.3 Å². The zero-order valence-electron chi connectivity index (χ0n) is 12.4. The molecule has 0 bridgehead atoms. The number of hydrogen-bond donors (Lipinski definition) is 1. The average molecular weight is 267 g/mol. The highest BCUT2D eigenvalue weighted by Crippen LogP contribution is 2.16. The molecule has 1 N–H and O–H groups in total. The molecule has 2 nitrogen and oxygen atoms in total. The molecule has 0 fully saturated rings. The molecule has 0 amide bonds. The van der Waals surface area contributed by atoms with Gasteiger partial charge in [0.2, 0.25) is 0 Å². The maximum absolute atomic E-state index is 13.2. The largest absolute Gasteiger partial charge is 0.382 e. The summed E-state index contributed by atoms with van der Waals surface area (Å²) in [5, 5.41) is 3.46. The Bertz CT molecular complexity index is 368. The molecule has 0 saturated heterocycles. The number of ether oxygens (including phenoxy) is 1. The van der Waals surface area contributed by atoms with E-state index in [1.165, 1.54) is 6.07 Å². The molecule has 0 saturated carbocycles. The van der Waals surface area contributed by atoms with Crippen LogP contribution in [0.3, 0.4) is 0 Å². The minimum absolute atomic E-state index is 0.159. The molecule has 19 heavy (non-hydrogen) atoms. The Kier molecular flexibility index (Phi) is 7.03. The summed E-state index contributed by atoms with van der Waals surface area (Å²) < 4.78 is 18.6. The minimum atomic E-state index is -0.159. The van der Waals surface area contributed by atoms with Crippen LogP contribution in [0.15, 0.2) is 24.3 Å². The Balaban J connectivity index is 2.61. The van der Waals surface area contributed by atoms with Gasteiger partial charge < -0.3 is 10.1 Å². The van der Waals surface area contributed by atoms with Crippen molar-refractivity contribution in [2.75, 3.05) is 13.7 Å². The molecule has 3 heteroatoms. The second-order valence-electron chi connectivity index (χ2n) is 5.55. The van der Waals surface area contributed by atoms with Gasteiger partial charge in [-0.25, -0.2) is 4.39 Å². The van der Waals surface area contributed by atoms with Crippen LogP contribution >= 0.6 is 0 Å². The van der Waals surface area contributed by atoms with E-state index in [4.69, 9.17) is 4.74 Å². The molecule has 1 aromatic rings. The Hall–Kier alpha value is -0.930. The molecule has 2 unspecified atom stereocenters. The highest BCUT2D eigenvalue weighted by molar-refractivity contribution is 5.17. The Morgan fingerprint density at radius 2 is 2.00 bits per heavy atom. The third-order valence-electron chi connectivity index (χ3n) is 3.30. The molecule has 0 aliphatic heterocycles. The molecule has 0 aliphatic carbocycles. The van der Waals surface area contributed by atoms with Crippen molar-refractivity contribution in [1.29, 1.82) is 0 Å². The second-order valence-corrected chi connectivity index (χ2v) is 5.55. The first kappa shape index (κ1) is 16.1. The first-order valence-electron chi connectivity index (χ1n) is 7.02. The van der Waals surface area contributed by atoms with Crippen LogP contribution in [-0.2, 0) is 11.2 Å². The lowest BCUT2D eigenvalue weighted by Gasteiger charge is -2.22. The summed E-state index contributed by atoms with van der Waals surface area (Å²) >= 11 is 0. The highest BCUT2D eigenvalue weighted by Gasteiger charge is 2.14. The van der Waals surface area contributed by atoms with E-state index in [0.29, 0.717) is 12.0 Å². The van der Waals surface area contributed by atoms with Gasteiger partial charge in [-0.3, -0.25) is 0 Å². The zero-order chi connectivity index (χ0) is 14.3. The van der Waals surface area contributed by atoms with Crippen molar-refractivity contribution in [2.45, 2.75) is 45.8 Å². The van der Waals surface area contributed by atoms with E-state index in [-0.39, 0.29) is 11.9 Å². The van der Waals surface area contributed by atoms with Crippen molar-refractivity contribution in [3.8, 4) is 0 Å². The fourth-order valence-corrected chi connectivity index (χ4v) is 2.20. The van der Waals surface area contributed by atoms with Gasteiger partial charge in [0.25, 0.3) is 0 Å². The summed E-state index contributed by atoms with van der Waals surface area (Å²) in [6.07, 6.45) is 2.09. The van der Waals surface area contributed by atoms with E-state index in [2.05, 4.69) is 26.1 Å². The lowest BCUT2D eigenvalue weighted by molar-refractivity contribution is 0.0942. The number of nitrogens with one attached hydrogen (secondary N) is 1. The van der Waals surface area contributed by atoms with Gasteiger partial charge >= 0.3 is 0 Å². The molecule has 0 heterocycles. The first-order chi connectivity index (χ1) is 9.01. The summed E-state index contributed by atoms with van der Waals surface area (Å²) in [5.74, 6) is 0.298. The molecule has 0 aromatic heterocycles.